The van der Waals surface area contributed by atoms with Crippen LogP contribution in [0.15, 0.2) is 0 Å². The van der Waals surface area contributed by atoms with Crippen LogP contribution < -0.4 is 0 Å². The van der Waals surface area contributed by atoms with Crippen LogP contribution in [0.25, 0.3) is 0 Å². The average Bonchev–Trinajstić information content (AvgIpc) is 0. The molecule has 64 valence electrons. The molecule has 0 atom stereocenters. The summed E-state index contributed by atoms with van der Waals surface area (Å²) < 4.78 is 0. The largest absolute Gasteiger partial charge is 2.00 e. The van der Waals surface area contributed by atoms with Crippen molar-refractivity contribution in [3.63, 3.8) is 0 Å². The molecule has 9 heavy (non-hydrogen) atoms. The maximum atomic E-state index is 0. The quantitative estimate of drug-likeness (QED) is 0.337. The zero-order chi connectivity index (χ0) is 0. The van der Waals surface area contributed by atoms with Gasteiger partial charge in [0.2, 0.25) is 0 Å². The smallest absolute Gasteiger partial charge is 0.412 e. The molecule has 0 aliphatic rings. The fourth-order valence-electron chi connectivity index (χ4n) is 0. The van der Waals surface area contributed by atoms with Gasteiger partial charge in [-0.25, -0.2) is 0 Å². The Balaban J connectivity index is 0. The molecule has 0 unspecified atom stereocenters. The van der Waals surface area contributed by atoms with Crippen molar-refractivity contribution in [2.75, 3.05) is 0 Å². The van der Waals surface area contributed by atoms with Crippen molar-refractivity contribution >= 4 is 0 Å². The van der Waals surface area contributed by atoms with E-state index in [-0.39, 0.29) is 63.3 Å². The van der Waals surface area contributed by atoms with E-state index in [4.69, 9.17) is 0 Å². The SMILES string of the molecule is O.O.O.O.O.O.O.O.[Zn+2]. The van der Waals surface area contributed by atoms with Crippen molar-refractivity contribution in [1.29, 1.82) is 0 Å². The van der Waals surface area contributed by atoms with Crippen molar-refractivity contribution in [1.82, 2.24) is 0 Å². The summed E-state index contributed by atoms with van der Waals surface area (Å²) in [7, 11) is 0. The van der Waals surface area contributed by atoms with Gasteiger partial charge in [-0.1, -0.05) is 0 Å². The van der Waals surface area contributed by atoms with E-state index in [1.807, 2.05) is 0 Å². The standard InChI is InChI=1S/8H2O.Zn/h8*1H2;/q;;;;;;;;+2. The van der Waals surface area contributed by atoms with Gasteiger partial charge in [0.25, 0.3) is 0 Å². The van der Waals surface area contributed by atoms with Crippen LogP contribution in [0.5, 0.6) is 0 Å². The molecule has 0 heterocycles. The van der Waals surface area contributed by atoms with E-state index >= 15 is 0 Å². The summed E-state index contributed by atoms with van der Waals surface area (Å²) >= 11 is 0. The van der Waals surface area contributed by atoms with Crippen LogP contribution in [0.2, 0.25) is 0 Å². The zero-order valence-electron chi connectivity index (χ0n) is 4.71. The summed E-state index contributed by atoms with van der Waals surface area (Å²) in [6.45, 7) is 0. The molecule has 0 rings (SSSR count). The van der Waals surface area contributed by atoms with Gasteiger partial charge < -0.3 is 43.8 Å². The van der Waals surface area contributed by atoms with Crippen LogP contribution in [-0.2, 0) is 19.5 Å². The fourth-order valence-corrected chi connectivity index (χ4v) is 0. The van der Waals surface area contributed by atoms with Gasteiger partial charge in [-0.05, 0) is 0 Å². The Morgan fingerprint density at radius 2 is 0.222 bits per heavy atom. The predicted octanol–water partition coefficient (Wildman–Crippen LogP) is -6.60. The molecule has 0 aromatic heterocycles. The topological polar surface area (TPSA) is 252 Å². The average molecular weight is 210 g/mol. The molecule has 0 aliphatic carbocycles. The second-order valence-corrected chi connectivity index (χ2v) is 0. The van der Waals surface area contributed by atoms with Gasteiger partial charge in [0.05, 0.1) is 0 Å². The minimum Gasteiger partial charge on any atom is -0.412 e. The molecule has 0 amide bonds. The van der Waals surface area contributed by atoms with Crippen molar-refractivity contribution in [2.24, 2.45) is 0 Å². The first-order valence-corrected chi connectivity index (χ1v) is 0. The summed E-state index contributed by atoms with van der Waals surface area (Å²) in [5.41, 5.74) is 0. The molecule has 0 bridgehead atoms. The van der Waals surface area contributed by atoms with Crippen molar-refractivity contribution in [3.05, 3.63) is 0 Å². The first-order valence-electron chi connectivity index (χ1n) is 0. The third-order valence-electron chi connectivity index (χ3n) is 0. The van der Waals surface area contributed by atoms with Gasteiger partial charge in [-0.15, -0.1) is 0 Å². The Kier molecular flexibility index (Phi) is 3730000. The molecule has 0 aliphatic heterocycles. The van der Waals surface area contributed by atoms with E-state index in [2.05, 4.69) is 0 Å². The molecule has 9 heteroatoms. The van der Waals surface area contributed by atoms with Crippen molar-refractivity contribution in [3.8, 4) is 0 Å². The van der Waals surface area contributed by atoms with E-state index in [1.54, 1.807) is 0 Å². The molecule has 0 saturated heterocycles. The van der Waals surface area contributed by atoms with E-state index in [9.17, 15) is 0 Å². The van der Waals surface area contributed by atoms with Gasteiger partial charge in [-0.3, -0.25) is 0 Å². The molecule has 0 saturated carbocycles. The van der Waals surface area contributed by atoms with Gasteiger partial charge in [0, 0.05) is 0 Å². The Hall–Kier alpha value is 0.303. The van der Waals surface area contributed by atoms with Crippen LogP contribution in [0.1, 0.15) is 0 Å². The molecule has 0 fully saturated rings. The van der Waals surface area contributed by atoms with Crippen LogP contribution in [-0.4, -0.2) is 43.8 Å². The van der Waals surface area contributed by atoms with Crippen LogP contribution in [0.3, 0.4) is 0 Å². The number of rotatable bonds is 0. The van der Waals surface area contributed by atoms with E-state index < -0.39 is 0 Å². The minimum atomic E-state index is 0. The monoisotopic (exact) mass is 208 g/mol. The minimum absolute atomic E-state index is 0. The summed E-state index contributed by atoms with van der Waals surface area (Å²) in [6, 6.07) is 0. The molecular weight excluding hydrogens is 193 g/mol. The molecule has 8 nitrogen and oxygen atoms in total. The Labute approximate surface area is 64.1 Å². The van der Waals surface area contributed by atoms with Crippen molar-refractivity contribution < 1.29 is 63.3 Å². The van der Waals surface area contributed by atoms with Gasteiger partial charge in [0.15, 0.2) is 0 Å². The molecule has 0 aromatic carbocycles. The van der Waals surface area contributed by atoms with Crippen LogP contribution in [0.4, 0.5) is 0 Å². The summed E-state index contributed by atoms with van der Waals surface area (Å²) in [5.74, 6) is 0. The van der Waals surface area contributed by atoms with Gasteiger partial charge >= 0.3 is 19.5 Å². The van der Waals surface area contributed by atoms with E-state index in [1.165, 1.54) is 0 Å². The van der Waals surface area contributed by atoms with E-state index in [0.29, 0.717) is 0 Å². The Bertz CT molecular complexity index is 4.53. The Morgan fingerprint density at radius 1 is 0.222 bits per heavy atom. The number of hydrogen-bond donors (Lipinski definition) is 0. The maximum absolute atomic E-state index is 0. The predicted molar refractivity (Wildman–Crippen MR) is 28.9 cm³/mol. The molecule has 0 aromatic rings. The van der Waals surface area contributed by atoms with E-state index in [0.717, 1.165) is 0 Å². The summed E-state index contributed by atoms with van der Waals surface area (Å²) in [4.78, 5) is 0. The fraction of sp³-hybridized carbons (Fsp3) is 0. The molecular formula is H16O8Zn+2. The summed E-state index contributed by atoms with van der Waals surface area (Å²) in [5, 5.41) is 0. The van der Waals surface area contributed by atoms with Gasteiger partial charge in [-0.2, -0.15) is 0 Å². The van der Waals surface area contributed by atoms with Gasteiger partial charge in [0.1, 0.15) is 0 Å². The zero-order valence-corrected chi connectivity index (χ0v) is 7.67. The molecule has 16 N–H and O–H groups in total. The first kappa shape index (κ1) is 6970. The summed E-state index contributed by atoms with van der Waals surface area (Å²) in [6.07, 6.45) is 0. The maximum Gasteiger partial charge on any atom is 2.00 e. The molecule has 0 radical (unpaired) electrons. The third-order valence-corrected chi connectivity index (χ3v) is 0. The van der Waals surface area contributed by atoms with Crippen LogP contribution in [0, 0.1) is 0 Å². The number of hydrogen-bond acceptors (Lipinski definition) is 0. The first-order chi connectivity index (χ1) is 0. The second kappa shape index (κ2) is 4810. The molecule has 0 spiro atoms. The van der Waals surface area contributed by atoms with Crippen molar-refractivity contribution in [2.45, 2.75) is 0 Å². The second-order valence-electron chi connectivity index (χ2n) is 0. The normalized spacial score (nSPS) is 0. The third kappa shape index (κ3) is 3580. The van der Waals surface area contributed by atoms with Crippen LogP contribution >= 0.6 is 0 Å². The Morgan fingerprint density at radius 3 is 0.222 bits per heavy atom.